The molecule has 0 aromatic carbocycles. The predicted octanol–water partition coefficient (Wildman–Crippen LogP) is 0.111. The molecule has 0 atom stereocenters. The summed E-state index contributed by atoms with van der Waals surface area (Å²) >= 11 is 0. The van der Waals surface area contributed by atoms with Crippen molar-refractivity contribution in [2.45, 2.75) is 26.3 Å². The van der Waals surface area contributed by atoms with Gasteiger partial charge in [-0.15, -0.1) is 0 Å². The molecule has 0 aliphatic carbocycles. The number of nitrogens with zero attached hydrogens (tertiary/aromatic N) is 3. The molecule has 0 aromatic heterocycles. The van der Waals surface area contributed by atoms with Gasteiger partial charge in [-0.25, -0.2) is 9.69 Å². The summed E-state index contributed by atoms with van der Waals surface area (Å²) in [5.74, 6) is -1.50. The van der Waals surface area contributed by atoms with E-state index in [1.54, 1.807) is 28.0 Å². The second kappa shape index (κ2) is 6.63. The minimum atomic E-state index is -0.753. The van der Waals surface area contributed by atoms with Crippen molar-refractivity contribution >= 4 is 17.8 Å². The molecule has 0 radical (unpaired) electrons. The van der Waals surface area contributed by atoms with Crippen LogP contribution in [0.2, 0.25) is 0 Å². The van der Waals surface area contributed by atoms with Gasteiger partial charge in [0.05, 0.1) is 6.67 Å². The van der Waals surface area contributed by atoms with Crippen molar-refractivity contribution in [1.82, 2.24) is 14.7 Å². The summed E-state index contributed by atoms with van der Waals surface area (Å²) in [6.07, 6.45) is 0.797. The van der Waals surface area contributed by atoms with Crippen molar-refractivity contribution in [3.05, 3.63) is 0 Å². The Bertz CT molecular complexity index is 370. The fraction of sp³-hybridized carbons (Fsp3) is 0.750. The van der Waals surface area contributed by atoms with Crippen LogP contribution in [0.1, 0.15) is 20.3 Å². The van der Waals surface area contributed by atoms with E-state index in [2.05, 4.69) is 0 Å². The van der Waals surface area contributed by atoms with Gasteiger partial charge in [0.15, 0.2) is 0 Å². The molecule has 1 aliphatic heterocycles. The van der Waals surface area contributed by atoms with Crippen LogP contribution in [0.5, 0.6) is 0 Å². The van der Waals surface area contributed by atoms with E-state index in [4.69, 9.17) is 4.74 Å². The average molecular weight is 271 g/mol. The summed E-state index contributed by atoms with van der Waals surface area (Å²) in [6, 6.07) is -0.851. The normalized spacial score (nSPS) is 16.4. The van der Waals surface area contributed by atoms with Crippen LogP contribution in [0.15, 0.2) is 0 Å². The highest BCUT2D eigenvalue weighted by Gasteiger charge is 2.45. The fourth-order valence-corrected chi connectivity index (χ4v) is 1.89. The summed E-state index contributed by atoms with van der Waals surface area (Å²) < 4.78 is 4.93. The molecule has 0 N–H and O–H groups in total. The van der Waals surface area contributed by atoms with Crippen molar-refractivity contribution < 1.29 is 19.1 Å². The van der Waals surface area contributed by atoms with Gasteiger partial charge in [-0.05, 0) is 27.3 Å². The molecule has 0 aromatic rings. The zero-order valence-electron chi connectivity index (χ0n) is 11.9. The van der Waals surface area contributed by atoms with Crippen molar-refractivity contribution in [2.24, 2.45) is 0 Å². The predicted molar refractivity (Wildman–Crippen MR) is 68.2 cm³/mol. The number of methoxy groups -OCH3 is 1. The first-order valence-corrected chi connectivity index (χ1v) is 6.26. The van der Waals surface area contributed by atoms with Crippen molar-refractivity contribution in [3.63, 3.8) is 0 Å². The maximum Gasteiger partial charge on any atom is 0.335 e. The van der Waals surface area contributed by atoms with Crippen LogP contribution in [0.3, 0.4) is 0 Å². The lowest BCUT2D eigenvalue weighted by molar-refractivity contribution is -0.144. The van der Waals surface area contributed by atoms with Crippen molar-refractivity contribution in [1.29, 1.82) is 0 Å². The number of imide groups is 2. The monoisotopic (exact) mass is 271 g/mol. The molecule has 1 aliphatic rings. The van der Waals surface area contributed by atoms with Crippen LogP contribution in [-0.2, 0) is 14.3 Å². The van der Waals surface area contributed by atoms with E-state index in [9.17, 15) is 14.4 Å². The SMILES string of the molecule is COCCCN(C)CN1C(=O)C(=O)N(C(C)C)C1=O. The van der Waals surface area contributed by atoms with Gasteiger partial charge in [0.1, 0.15) is 0 Å². The second-order valence-corrected chi connectivity index (χ2v) is 4.85. The zero-order valence-corrected chi connectivity index (χ0v) is 11.9. The summed E-state index contributed by atoms with van der Waals surface area (Å²) in [6.45, 7) is 4.82. The van der Waals surface area contributed by atoms with Gasteiger partial charge in [0.2, 0.25) is 0 Å². The number of hydrogen-bond donors (Lipinski definition) is 0. The Morgan fingerprint density at radius 1 is 1.21 bits per heavy atom. The topological polar surface area (TPSA) is 70.2 Å². The molecule has 1 rings (SSSR count). The number of ether oxygens (including phenoxy) is 1. The Labute approximate surface area is 113 Å². The van der Waals surface area contributed by atoms with Crippen LogP contribution < -0.4 is 0 Å². The maximum absolute atomic E-state index is 12.0. The van der Waals surface area contributed by atoms with E-state index in [1.807, 2.05) is 4.90 Å². The minimum absolute atomic E-state index is 0.121. The largest absolute Gasteiger partial charge is 0.385 e. The van der Waals surface area contributed by atoms with Crippen molar-refractivity contribution in [3.8, 4) is 0 Å². The molecule has 1 fully saturated rings. The highest BCUT2D eigenvalue weighted by molar-refractivity contribution is 6.44. The lowest BCUT2D eigenvalue weighted by atomic mass is 10.3. The standard InChI is InChI=1S/C12H21N3O4/c1-9(2)15-11(17)10(16)14(12(15)18)8-13(3)6-5-7-19-4/h9H,5-8H2,1-4H3. The molecule has 0 spiro atoms. The van der Waals surface area contributed by atoms with Gasteiger partial charge in [0, 0.05) is 26.3 Å². The molecule has 0 unspecified atom stereocenters. The maximum atomic E-state index is 12.0. The molecular weight excluding hydrogens is 250 g/mol. The van der Waals surface area contributed by atoms with E-state index >= 15 is 0 Å². The third-order valence-electron chi connectivity index (χ3n) is 2.87. The van der Waals surface area contributed by atoms with E-state index in [1.165, 1.54) is 0 Å². The number of urea groups is 1. The molecule has 19 heavy (non-hydrogen) atoms. The minimum Gasteiger partial charge on any atom is -0.385 e. The van der Waals surface area contributed by atoms with Crippen LogP contribution >= 0.6 is 0 Å². The van der Waals surface area contributed by atoms with Crippen LogP contribution in [0.25, 0.3) is 0 Å². The first kappa shape index (κ1) is 15.6. The molecule has 108 valence electrons. The molecule has 0 bridgehead atoms. The zero-order chi connectivity index (χ0) is 14.6. The van der Waals surface area contributed by atoms with E-state index in [0.717, 1.165) is 16.2 Å². The van der Waals surface area contributed by atoms with Gasteiger partial charge in [-0.3, -0.25) is 19.4 Å². The second-order valence-electron chi connectivity index (χ2n) is 4.85. The Morgan fingerprint density at radius 3 is 2.32 bits per heavy atom. The van der Waals surface area contributed by atoms with Gasteiger partial charge >= 0.3 is 17.8 Å². The van der Waals surface area contributed by atoms with E-state index < -0.39 is 17.8 Å². The van der Waals surface area contributed by atoms with Gasteiger partial charge in [-0.2, -0.15) is 0 Å². The summed E-state index contributed by atoms with van der Waals surface area (Å²) in [7, 11) is 3.41. The Kier molecular flexibility index (Phi) is 5.44. The lowest BCUT2D eigenvalue weighted by Crippen LogP contribution is -2.42. The Hall–Kier alpha value is -1.47. The molecule has 4 amide bonds. The van der Waals surface area contributed by atoms with E-state index in [-0.39, 0.29) is 12.7 Å². The van der Waals surface area contributed by atoms with Gasteiger partial charge in [-0.1, -0.05) is 0 Å². The number of hydrogen-bond acceptors (Lipinski definition) is 5. The highest BCUT2D eigenvalue weighted by Crippen LogP contribution is 2.15. The summed E-state index contributed by atoms with van der Waals surface area (Å²) in [5, 5.41) is 0. The molecule has 1 saturated heterocycles. The molecule has 0 saturated carbocycles. The van der Waals surface area contributed by atoms with Gasteiger partial charge in [0.25, 0.3) is 0 Å². The Balaban J connectivity index is 2.61. The number of carbonyl (C=O) groups excluding carboxylic acids is 3. The molecule has 1 heterocycles. The number of rotatable bonds is 7. The highest BCUT2D eigenvalue weighted by atomic mass is 16.5. The third-order valence-corrected chi connectivity index (χ3v) is 2.87. The Morgan fingerprint density at radius 2 is 1.84 bits per heavy atom. The molecule has 7 heteroatoms. The smallest absolute Gasteiger partial charge is 0.335 e. The fourth-order valence-electron chi connectivity index (χ4n) is 1.89. The number of carbonyl (C=O) groups is 3. The third kappa shape index (κ3) is 3.51. The van der Waals surface area contributed by atoms with E-state index in [0.29, 0.717) is 13.2 Å². The summed E-state index contributed by atoms with van der Waals surface area (Å²) in [5.41, 5.74) is 0. The molecular formula is C12H21N3O4. The molecule has 7 nitrogen and oxygen atoms in total. The summed E-state index contributed by atoms with van der Waals surface area (Å²) in [4.78, 5) is 39.2. The first-order valence-electron chi connectivity index (χ1n) is 6.26. The first-order chi connectivity index (χ1) is 8.90. The van der Waals surface area contributed by atoms with Crippen LogP contribution in [-0.4, -0.2) is 72.6 Å². The van der Waals surface area contributed by atoms with Crippen LogP contribution in [0, 0.1) is 0 Å². The average Bonchev–Trinajstić information content (AvgIpc) is 2.54. The number of amides is 4. The van der Waals surface area contributed by atoms with Crippen molar-refractivity contribution in [2.75, 3.05) is 34.0 Å². The quantitative estimate of drug-likeness (QED) is 0.373. The van der Waals surface area contributed by atoms with Gasteiger partial charge < -0.3 is 4.74 Å². The lowest BCUT2D eigenvalue weighted by Gasteiger charge is -2.23. The van der Waals surface area contributed by atoms with Crippen LogP contribution in [0.4, 0.5) is 4.79 Å².